The molecule has 22 heteroatoms. The molecular formula is C49H79N13O9. The second kappa shape index (κ2) is 31.4. The van der Waals surface area contributed by atoms with Crippen molar-refractivity contribution in [2.45, 2.75) is 141 Å². The van der Waals surface area contributed by atoms with Gasteiger partial charge in [-0.05, 0) is 94.0 Å². The van der Waals surface area contributed by atoms with E-state index in [4.69, 9.17) is 28.3 Å². The molecule has 0 aromatic heterocycles. The molecule has 394 valence electrons. The number of likely N-dealkylation sites (N-methyl/N-ethyl adjacent to an activating group) is 2. The molecule has 2 aromatic carbocycles. The highest BCUT2D eigenvalue weighted by molar-refractivity contribution is 5.97. The van der Waals surface area contributed by atoms with Crippen LogP contribution in [-0.2, 0) is 51.2 Å². The van der Waals surface area contributed by atoms with Gasteiger partial charge in [0.25, 0.3) is 0 Å². The summed E-state index contributed by atoms with van der Waals surface area (Å²) in [6, 6.07) is 7.41. The minimum Gasteiger partial charge on any atom is -0.508 e. The number of nitrogens with two attached hydrogens (primary N) is 4. The lowest BCUT2D eigenvalue weighted by Crippen LogP contribution is -2.60. The molecule has 0 bridgehead atoms. The van der Waals surface area contributed by atoms with E-state index in [2.05, 4.69) is 31.9 Å². The third-order valence-corrected chi connectivity index (χ3v) is 11.8. The number of hydrogen-bond acceptors (Lipinski definition) is 12. The van der Waals surface area contributed by atoms with Crippen molar-refractivity contribution in [3.63, 3.8) is 0 Å². The van der Waals surface area contributed by atoms with Gasteiger partial charge in [0.1, 0.15) is 42.0 Å². The molecule has 2 rings (SSSR count). The van der Waals surface area contributed by atoms with E-state index in [1.54, 1.807) is 24.3 Å². The van der Waals surface area contributed by atoms with Crippen LogP contribution >= 0.6 is 0 Å². The Labute approximate surface area is 417 Å². The van der Waals surface area contributed by atoms with E-state index >= 15 is 0 Å². The lowest BCUT2D eigenvalue weighted by atomic mass is 9.98. The van der Waals surface area contributed by atoms with Gasteiger partial charge in [-0.25, -0.2) is 0 Å². The van der Waals surface area contributed by atoms with Gasteiger partial charge in [-0.1, -0.05) is 76.1 Å². The number of nitrogens with one attached hydrogen (secondary N) is 7. The lowest BCUT2D eigenvalue weighted by Gasteiger charge is -2.34. The number of phenols is 1. The summed E-state index contributed by atoms with van der Waals surface area (Å²) in [6.45, 7) is 7.17. The van der Waals surface area contributed by atoms with E-state index in [9.17, 15) is 43.5 Å². The van der Waals surface area contributed by atoms with Crippen molar-refractivity contribution in [2.75, 3.05) is 33.7 Å². The number of rotatable bonds is 32. The zero-order valence-electron chi connectivity index (χ0n) is 42.1. The van der Waals surface area contributed by atoms with Crippen LogP contribution in [0.15, 0.2) is 54.6 Å². The number of nitrogens with zero attached hydrogens (tertiary/aromatic N) is 2. The van der Waals surface area contributed by atoms with Gasteiger partial charge in [-0.2, -0.15) is 0 Å². The van der Waals surface area contributed by atoms with Crippen molar-refractivity contribution in [1.82, 2.24) is 41.7 Å². The maximum Gasteiger partial charge on any atom is 0.245 e. The highest BCUT2D eigenvalue weighted by atomic mass is 16.3. The zero-order valence-corrected chi connectivity index (χ0v) is 42.1. The Balaban J connectivity index is 2.37. The van der Waals surface area contributed by atoms with Crippen LogP contribution in [0.25, 0.3) is 0 Å². The Morgan fingerprint density at radius 1 is 0.634 bits per heavy atom. The molecule has 0 saturated heterocycles. The fourth-order valence-electron chi connectivity index (χ4n) is 7.56. The van der Waals surface area contributed by atoms with Crippen LogP contribution < -0.4 is 54.8 Å². The van der Waals surface area contributed by atoms with Crippen LogP contribution in [0.3, 0.4) is 0 Å². The minimum atomic E-state index is -1.17. The van der Waals surface area contributed by atoms with E-state index in [1.807, 2.05) is 39.0 Å². The Bertz CT molecular complexity index is 2060. The molecule has 0 aliphatic heterocycles. The highest BCUT2D eigenvalue weighted by Gasteiger charge is 2.37. The summed E-state index contributed by atoms with van der Waals surface area (Å²) in [5, 5.41) is 33.1. The number of primary amides is 1. The van der Waals surface area contributed by atoms with Gasteiger partial charge in [0.05, 0.1) is 12.6 Å². The van der Waals surface area contributed by atoms with Crippen molar-refractivity contribution in [1.29, 1.82) is 5.41 Å². The normalized spacial score (nSPS) is 14.0. The quantitative estimate of drug-likeness (QED) is 0.0247. The van der Waals surface area contributed by atoms with Crippen LogP contribution in [0, 0.1) is 11.3 Å². The van der Waals surface area contributed by atoms with Crippen LogP contribution in [0.2, 0.25) is 0 Å². The average Bonchev–Trinajstić information content (AvgIpc) is 3.33. The minimum absolute atomic E-state index is 0.0601. The summed E-state index contributed by atoms with van der Waals surface area (Å²) in [5.41, 5.74) is 24.1. The zero-order chi connectivity index (χ0) is 53.2. The molecular weight excluding hydrogens is 915 g/mol. The molecule has 0 spiro atoms. The number of aromatic hydroxyl groups is 1. The first kappa shape index (κ1) is 60.3. The van der Waals surface area contributed by atoms with Crippen LogP contribution in [0.5, 0.6) is 5.75 Å². The number of guanidine groups is 1. The van der Waals surface area contributed by atoms with Crippen LogP contribution in [0.4, 0.5) is 0 Å². The number of benzene rings is 2. The first-order valence-corrected chi connectivity index (χ1v) is 24.3. The molecule has 8 amide bonds. The van der Waals surface area contributed by atoms with Crippen LogP contribution in [-0.4, -0.2) is 144 Å². The molecule has 0 fully saturated rings. The monoisotopic (exact) mass is 994 g/mol. The lowest BCUT2D eigenvalue weighted by molar-refractivity contribution is -0.144. The Morgan fingerprint density at radius 2 is 1.18 bits per heavy atom. The van der Waals surface area contributed by atoms with Crippen molar-refractivity contribution < 1.29 is 43.5 Å². The highest BCUT2D eigenvalue weighted by Crippen LogP contribution is 2.17. The van der Waals surface area contributed by atoms with Gasteiger partial charge >= 0.3 is 0 Å². The van der Waals surface area contributed by atoms with Crippen molar-refractivity contribution in [3.05, 3.63) is 65.7 Å². The van der Waals surface area contributed by atoms with Gasteiger partial charge < -0.3 is 69.7 Å². The Morgan fingerprint density at radius 3 is 1.77 bits per heavy atom. The molecule has 0 saturated carbocycles. The average molecular weight is 994 g/mol. The maximum absolute atomic E-state index is 14.5. The number of carbonyl (C=O) groups excluding carboxylic acids is 8. The van der Waals surface area contributed by atoms with E-state index in [0.29, 0.717) is 44.2 Å². The van der Waals surface area contributed by atoms with E-state index in [-0.39, 0.29) is 62.7 Å². The predicted octanol–water partition coefficient (Wildman–Crippen LogP) is -0.652. The third kappa shape index (κ3) is 21.8. The summed E-state index contributed by atoms with van der Waals surface area (Å²) in [5.74, 6) is -5.61. The summed E-state index contributed by atoms with van der Waals surface area (Å²) >= 11 is 0. The first-order chi connectivity index (χ1) is 33.6. The molecule has 2 aromatic rings. The molecule has 0 aliphatic rings. The second-order valence-electron chi connectivity index (χ2n) is 18.2. The molecule has 7 atom stereocenters. The largest absolute Gasteiger partial charge is 0.508 e. The summed E-state index contributed by atoms with van der Waals surface area (Å²) < 4.78 is 0. The Kier molecular flexibility index (Phi) is 26.7. The third-order valence-electron chi connectivity index (χ3n) is 11.8. The number of hydrogen-bond donors (Lipinski definition) is 12. The van der Waals surface area contributed by atoms with E-state index in [1.165, 1.54) is 38.1 Å². The standard InChI is InChI=1S/C49H79N13O9/c1-7-8-17-37(45(68)59-38(18-12-13-24-50)47(70)61(5)31(4)42(65)57-36(19-14-25-55-49(53)54)44(67)56-29-41(52)64)58-46(69)40(26-30(2)3)62(6)48(71)39(28-32-15-10-9-11-16-32)60-43(66)35(51)27-33-20-22-34(63)23-21-33/h9-11,15-16,20-23,30-31,35-40,63H,7-8,12-14,17-19,24-29,50-51H2,1-6H3,(H2,52,64)(H,56,67)(H,57,65)(H,58,69)(H,59,68)(H,60,66)(H4,53,54,55)/t31-,35-,36-,37-,38-,39-,40-/m0/s1. The van der Waals surface area contributed by atoms with Gasteiger partial charge in [0, 0.05) is 27.1 Å². The van der Waals surface area contributed by atoms with Gasteiger partial charge in [0.15, 0.2) is 5.96 Å². The molecule has 0 radical (unpaired) electrons. The second-order valence-corrected chi connectivity index (χ2v) is 18.2. The maximum atomic E-state index is 14.5. The number of phenolic OH excluding ortho intramolecular Hbond substituents is 1. The van der Waals surface area contributed by atoms with E-state index < -0.39 is 96.1 Å². The van der Waals surface area contributed by atoms with Gasteiger partial charge in [0.2, 0.25) is 47.3 Å². The molecule has 71 heavy (non-hydrogen) atoms. The summed E-state index contributed by atoms with van der Waals surface area (Å²) in [6.07, 6.45) is 3.21. The number of amides is 8. The van der Waals surface area contributed by atoms with E-state index in [0.717, 1.165) is 10.5 Å². The fourth-order valence-corrected chi connectivity index (χ4v) is 7.56. The van der Waals surface area contributed by atoms with Gasteiger partial charge in [-0.15, -0.1) is 0 Å². The van der Waals surface area contributed by atoms with Crippen molar-refractivity contribution >= 4 is 53.2 Å². The molecule has 16 N–H and O–H groups in total. The fraction of sp³-hybridized carbons (Fsp3) is 0.571. The SMILES string of the molecule is CCCC[C@H](NC(=O)[C@H](CC(C)C)N(C)C(=O)[C@H](Cc1ccccc1)NC(=O)[C@@H](N)Cc1ccc(O)cc1)C(=O)N[C@@H](CCCCN)C(=O)N(C)[C@@H](C)C(=O)N[C@@H](CCCNC(=N)N)C(=O)NCC(N)=O. The number of unbranched alkanes of at least 4 members (excludes halogenated alkanes) is 2. The van der Waals surface area contributed by atoms with Gasteiger partial charge in [-0.3, -0.25) is 43.8 Å². The smallest absolute Gasteiger partial charge is 0.245 e. The molecule has 0 heterocycles. The summed E-state index contributed by atoms with van der Waals surface area (Å²) in [7, 11) is 2.85. The first-order valence-electron chi connectivity index (χ1n) is 24.3. The predicted molar refractivity (Wildman–Crippen MR) is 270 cm³/mol. The summed E-state index contributed by atoms with van der Waals surface area (Å²) in [4.78, 5) is 111. The topological polar surface area (TPSA) is 363 Å². The van der Waals surface area contributed by atoms with Crippen molar-refractivity contribution in [3.8, 4) is 5.75 Å². The number of carbonyl (C=O) groups is 8. The molecule has 22 nitrogen and oxygen atoms in total. The molecule has 0 aliphatic carbocycles. The molecule has 0 unspecified atom stereocenters. The van der Waals surface area contributed by atoms with Crippen LogP contribution in [0.1, 0.15) is 96.6 Å². The van der Waals surface area contributed by atoms with Crippen molar-refractivity contribution in [2.24, 2.45) is 28.9 Å². The Hall–Kier alpha value is -6.81.